The molecule has 2 aliphatic rings. The van der Waals surface area contributed by atoms with E-state index >= 15 is 0 Å². The van der Waals surface area contributed by atoms with Crippen LogP contribution in [0.25, 0.3) is 0 Å². The van der Waals surface area contributed by atoms with Crippen LogP contribution < -0.4 is 5.32 Å². The molecule has 2 saturated heterocycles. The molecule has 3 unspecified atom stereocenters. The van der Waals surface area contributed by atoms with Crippen molar-refractivity contribution >= 4 is 0 Å². The SMILES string of the molecule is CC1OCCC1(C)N1CCCNC(C(C)(C)C)C1. The molecule has 0 aliphatic carbocycles. The largest absolute Gasteiger partial charge is 0.377 e. The maximum absolute atomic E-state index is 5.82. The van der Waals surface area contributed by atoms with Crippen molar-refractivity contribution in [3.05, 3.63) is 0 Å². The number of ether oxygens (including phenoxy) is 1. The first-order valence-electron chi connectivity index (χ1n) is 7.44. The van der Waals surface area contributed by atoms with E-state index in [1.807, 2.05) is 0 Å². The van der Waals surface area contributed by atoms with Crippen LogP contribution in [-0.2, 0) is 4.74 Å². The minimum Gasteiger partial charge on any atom is -0.377 e. The lowest BCUT2D eigenvalue weighted by Crippen LogP contribution is -2.56. The molecule has 0 spiro atoms. The molecule has 3 nitrogen and oxygen atoms in total. The maximum Gasteiger partial charge on any atom is 0.0728 e. The Morgan fingerprint density at radius 3 is 2.61 bits per heavy atom. The van der Waals surface area contributed by atoms with Gasteiger partial charge in [-0.3, -0.25) is 4.90 Å². The van der Waals surface area contributed by atoms with Gasteiger partial charge in [-0.2, -0.15) is 0 Å². The van der Waals surface area contributed by atoms with Crippen molar-refractivity contribution in [2.45, 2.75) is 65.1 Å². The van der Waals surface area contributed by atoms with Gasteiger partial charge in [0.05, 0.1) is 6.10 Å². The summed E-state index contributed by atoms with van der Waals surface area (Å²) in [5.74, 6) is 0. The standard InChI is InChI=1S/C15H30N2O/c1-12-15(5,7-10-18-12)17-9-6-8-16-13(11-17)14(2,3)4/h12-13,16H,6-11H2,1-5H3. The van der Waals surface area contributed by atoms with Gasteiger partial charge in [0.1, 0.15) is 0 Å². The summed E-state index contributed by atoms with van der Waals surface area (Å²) in [5, 5.41) is 3.72. The first-order valence-corrected chi connectivity index (χ1v) is 7.44. The van der Waals surface area contributed by atoms with Crippen LogP contribution in [0.1, 0.15) is 47.5 Å². The highest BCUT2D eigenvalue weighted by atomic mass is 16.5. The monoisotopic (exact) mass is 254 g/mol. The fourth-order valence-corrected chi connectivity index (χ4v) is 3.21. The molecule has 0 aromatic rings. The highest BCUT2D eigenvalue weighted by molar-refractivity contribution is 4.99. The van der Waals surface area contributed by atoms with Gasteiger partial charge in [-0.05, 0) is 38.6 Å². The third-order valence-corrected chi connectivity index (χ3v) is 5.02. The summed E-state index contributed by atoms with van der Waals surface area (Å²) in [7, 11) is 0. The Balaban J connectivity index is 2.12. The van der Waals surface area contributed by atoms with Crippen molar-refractivity contribution in [1.82, 2.24) is 10.2 Å². The molecule has 1 N–H and O–H groups in total. The second-order valence-electron chi connectivity index (χ2n) is 7.29. The Hall–Kier alpha value is -0.120. The average molecular weight is 254 g/mol. The van der Waals surface area contributed by atoms with E-state index in [-0.39, 0.29) is 5.54 Å². The predicted molar refractivity (Wildman–Crippen MR) is 75.9 cm³/mol. The molecule has 0 aromatic heterocycles. The minimum absolute atomic E-state index is 0.232. The van der Waals surface area contributed by atoms with Crippen molar-refractivity contribution in [2.75, 3.05) is 26.2 Å². The van der Waals surface area contributed by atoms with Crippen molar-refractivity contribution in [2.24, 2.45) is 5.41 Å². The van der Waals surface area contributed by atoms with E-state index in [2.05, 4.69) is 44.8 Å². The quantitative estimate of drug-likeness (QED) is 0.777. The average Bonchev–Trinajstić information content (AvgIpc) is 2.54. The van der Waals surface area contributed by atoms with E-state index < -0.39 is 0 Å². The fourth-order valence-electron chi connectivity index (χ4n) is 3.21. The molecule has 2 fully saturated rings. The normalized spacial score (nSPS) is 39.8. The second kappa shape index (κ2) is 5.10. The number of nitrogens with one attached hydrogen (secondary N) is 1. The fraction of sp³-hybridized carbons (Fsp3) is 1.00. The lowest BCUT2D eigenvalue weighted by molar-refractivity contribution is 0.0134. The predicted octanol–water partition coefficient (Wildman–Crippen LogP) is 2.26. The first kappa shape index (κ1) is 14.3. The van der Waals surface area contributed by atoms with E-state index in [0.717, 1.165) is 19.7 Å². The zero-order valence-corrected chi connectivity index (χ0v) is 12.8. The molecule has 0 amide bonds. The lowest BCUT2D eigenvalue weighted by atomic mass is 9.84. The molecule has 0 bridgehead atoms. The second-order valence-corrected chi connectivity index (χ2v) is 7.29. The number of hydrogen-bond acceptors (Lipinski definition) is 3. The third-order valence-electron chi connectivity index (χ3n) is 5.02. The molecule has 18 heavy (non-hydrogen) atoms. The summed E-state index contributed by atoms with van der Waals surface area (Å²) in [6, 6.07) is 0.574. The van der Waals surface area contributed by atoms with Crippen LogP contribution in [0.4, 0.5) is 0 Å². The smallest absolute Gasteiger partial charge is 0.0728 e. The van der Waals surface area contributed by atoms with Crippen LogP contribution in [0.15, 0.2) is 0 Å². The van der Waals surface area contributed by atoms with Crippen molar-refractivity contribution in [3.8, 4) is 0 Å². The maximum atomic E-state index is 5.82. The van der Waals surface area contributed by atoms with Gasteiger partial charge >= 0.3 is 0 Å². The summed E-state index contributed by atoms with van der Waals surface area (Å²) >= 11 is 0. The van der Waals surface area contributed by atoms with Crippen LogP contribution in [0, 0.1) is 5.41 Å². The van der Waals surface area contributed by atoms with E-state index in [1.165, 1.54) is 19.4 Å². The van der Waals surface area contributed by atoms with Crippen molar-refractivity contribution < 1.29 is 4.74 Å². The summed E-state index contributed by atoms with van der Waals surface area (Å²) < 4.78 is 5.82. The molecular weight excluding hydrogens is 224 g/mol. The highest BCUT2D eigenvalue weighted by Crippen LogP contribution is 2.34. The summed E-state index contributed by atoms with van der Waals surface area (Å²) in [6.07, 6.45) is 2.77. The van der Waals surface area contributed by atoms with Crippen molar-refractivity contribution in [3.63, 3.8) is 0 Å². The molecule has 0 saturated carbocycles. The first-order chi connectivity index (χ1) is 8.34. The van der Waals surface area contributed by atoms with E-state index in [1.54, 1.807) is 0 Å². The molecule has 2 heterocycles. The molecule has 3 heteroatoms. The van der Waals surface area contributed by atoms with Crippen LogP contribution in [0.5, 0.6) is 0 Å². The van der Waals surface area contributed by atoms with Gasteiger partial charge in [0.2, 0.25) is 0 Å². The zero-order valence-electron chi connectivity index (χ0n) is 12.8. The summed E-state index contributed by atoms with van der Waals surface area (Å²) in [6.45, 7) is 16.0. The molecule has 106 valence electrons. The van der Waals surface area contributed by atoms with Gasteiger partial charge in [0.15, 0.2) is 0 Å². The summed E-state index contributed by atoms with van der Waals surface area (Å²) in [5.41, 5.74) is 0.553. The van der Waals surface area contributed by atoms with E-state index in [9.17, 15) is 0 Å². The Morgan fingerprint density at radius 2 is 2.06 bits per heavy atom. The van der Waals surface area contributed by atoms with Crippen LogP contribution in [-0.4, -0.2) is 48.8 Å². The Bertz CT molecular complexity index is 287. The lowest BCUT2D eigenvalue weighted by Gasteiger charge is -2.43. The molecule has 2 rings (SSSR count). The molecule has 0 aromatic carbocycles. The number of rotatable bonds is 1. The molecule has 0 radical (unpaired) electrons. The van der Waals surface area contributed by atoms with Gasteiger partial charge in [-0.25, -0.2) is 0 Å². The van der Waals surface area contributed by atoms with Gasteiger partial charge in [0.25, 0.3) is 0 Å². The van der Waals surface area contributed by atoms with Gasteiger partial charge in [-0.15, -0.1) is 0 Å². The molecule has 3 atom stereocenters. The van der Waals surface area contributed by atoms with E-state index in [4.69, 9.17) is 4.74 Å². The summed E-state index contributed by atoms with van der Waals surface area (Å²) in [4.78, 5) is 2.68. The van der Waals surface area contributed by atoms with Crippen LogP contribution >= 0.6 is 0 Å². The Morgan fingerprint density at radius 1 is 1.33 bits per heavy atom. The molecule has 2 aliphatic heterocycles. The third kappa shape index (κ3) is 2.73. The highest BCUT2D eigenvalue weighted by Gasteiger charge is 2.44. The van der Waals surface area contributed by atoms with Crippen LogP contribution in [0.3, 0.4) is 0 Å². The van der Waals surface area contributed by atoms with Gasteiger partial charge in [-0.1, -0.05) is 20.8 Å². The van der Waals surface area contributed by atoms with Crippen LogP contribution in [0.2, 0.25) is 0 Å². The molecular formula is C15H30N2O. The number of hydrogen-bond donors (Lipinski definition) is 1. The van der Waals surface area contributed by atoms with Crippen molar-refractivity contribution in [1.29, 1.82) is 0 Å². The van der Waals surface area contributed by atoms with E-state index in [0.29, 0.717) is 17.6 Å². The van der Waals surface area contributed by atoms with Gasteiger partial charge in [0, 0.05) is 31.3 Å². The van der Waals surface area contributed by atoms with Gasteiger partial charge < -0.3 is 10.1 Å². The number of nitrogens with zero attached hydrogens (tertiary/aromatic N) is 1. The topological polar surface area (TPSA) is 24.5 Å². The Labute approximate surface area is 112 Å². The Kier molecular flexibility index (Phi) is 4.05. The minimum atomic E-state index is 0.232. The zero-order chi connectivity index (χ0) is 13.4.